The zero-order valence-electron chi connectivity index (χ0n) is 19.5. The van der Waals surface area contributed by atoms with E-state index in [4.69, 9.17) is 16.1 Å². The molecule has 1 fully saturated rings. The lowest BCUT2D eigenvalue weighted by atomic mass is 9.89. The van der Waals surface area contributed by atoms with Crippen molar-refractivity contribution >= 4 is 45.4 Å². The normalized spacial score (nSPS) is 18.7. The molecule has 2 aromatic heterocycles. The van der Waals surface area contributed by atoms with Crippen LogP contribution in [0.5, 0.6) is 0 Å². The number of carbonyl (C=O) groups is 2. The molecule has 0 radical (unpaired) electrons. The number of hydrogen-bond donors (Lipinski definition) is 3. The second kappa shape index (κ2) is 9.66. The predicted molar refractivity (Wildman–Crippen MR) is 135 cm³/mol. The van der Waals surface area contributed by atoms with Gasteiger partial charge in [0.2, 0.25) is 5.91 Å². The van der Waals surface area contributed by atoms with Gasteiger partial charge in [-0.2, -0.15) is 0 Å². The average molecular weight is 509 g/mol. The first-order valence-electron chi connectivity index (χ1n) is 11.8. The first kappa shape index (κ1) is 23.9. The molecule has 0 bridgehead atoms. The van der Waals surface area contributed by atoms with E-state index in [1.807, 2.05) is 6.07 Å². The first-order chi connectivity index (χ1) is 17.3. The van der Waals surface area contributed by atoms with Crippen molar-refractivity contribution in [2.24, 2.45) is 0 Å². The fourth-order valence-electron chi connectivity index (χ4n) is 5.22. The number of benzene rings is 2. The van der Waals surface area contributed by atoms with Gasteiger partial charge < -0.3 is 24.8 Å². The predicted octanol–water partition coefficient (Wildman–Crippen LogP) is 4.71. The molecule has 5 rings (SSSR count). The molecule has 9 nitrogen and oxygen atoms in total. The van der Waals surface area contributed by atoms with Crippen LogP contribution in [0.2, 0.25) is 5.02 Å². The van der Waals surface area contributed by atoms with Crippen LogP contribution in [-0.2, 0) is 4.79 Å². The number of carboxylic acid groups (broad SMARTS) is 1. The molecule has 36 heavy (non-hydrogen) atoms. The van der Waals surface area contributed by atoms with Crippen LogP contribution in [0.3, 0.4) is 0 Å². The van der Waals surface area contributed by atoms with Gasteiger partial charge in [0.15, 0.2) is 0 Å². The third-order valence-corrected chi connectivity index (χ3v) is 7.12. The number of carbonyl (C=O) groups excluding carboxylic acids is 1. The van der Waals surface area contributed by atoms with E-state index in [2.05, 4.69) is 15.8 Å². The molecule has 3 N–H and O–H groups in total. The van der Waals surface area contributed by atoms with E-state index in [1.165, 1.54) is 0 Å². The largest absolute Gasteiger partial charge is 0.465 e. The van der Waals surface area contributed by atoms with Crippen LogP contribution in [0.1, 0.15) is 49.1 Å². The lowest BCUT2D eigenvalue weighted by molar-refractivity contribution is -0.124. The quantitative estimate of drug-likeness (QED) is 0.358. The molecule has 1 aliphatic carbocycles. The summed E-state index contributed by atoms with van der Waals surface area (Å²) in [5, 5.41) is 20.2. The number of nitrogens with one attached hydrogen (secondary N) is 2. The lowest BCUT2D eigenvalue weighted by Crippen LogP contribution is -2.46. The summed E-state index contributed by atoms with van der Waals surface area (Å²) in [7, 11) is 0. The maximum Gasteiger partial charge on any atom is 0.405 e. The van der Waals surface area contributed by atoms with Crippen LogP contribution < -0.4 is 16.2 Å². The number of nitrogens with zero attached hydrogens (tertiary/aromatic N) is 2. The van der Waals surface area contributed by atoms with Gasteiger partial charge in [-0.25, -0.2) is 4.79 Å². The molecule has 3 atom stereocenters. The van der Waals surface area contributed by atoms with Crippen LogP contribution in [0.4, 0.5) is 4.79 Å². The van der Waals surface area contributed by atoms with Gasteiger partial charge in [0, 0.05) is 17.5 Å². The van der Waals surface area contributed by atoms with Crippen LogP contribution >= 0.6 is 11.6 Å². The fourth-order valence-corrected chi connectivity index (χ4v) is 5.48. The zero-order chi connectivity index (χ0) is 25.4. The number of aryl methyl sites for hydroxylation is 1. The highest BCUT2D eigenvalue weighted by Crippen LogP contribution is 2.35. The Labute approximate surface area is 211 Å². The molecule has 186 valence electrons. The summed E-state index contributed by atoms with van der Waals surface area (Å²) >= 11 is 6.53. The van der Waals surface area contributed by atoms with Gasteiger partial charge >= 0.3 is 6.09 Å². The molecular formula is C26H25ClN4O5. The summed E-state index contributed by atoms with van der Waals surface area (Å²) < 4.78 is 7.09. The number of hydrogen-bond acceptors (Lipinski definition) is 5. The summed E-state index contributed by atoms with van der Waals surface area (Å²) in [5.74, 6) is -0.00323. The minimum Gasteiger partial charge on any atom is -0.465 e. The lowest BCUT2D eigenvalue weighted by Gasteiger charge is -2.33. The monoisotopic (exact) mass is 508 g/mol. The van der Waals surface area contributed by atoms with Crippen molar-refractivity contribution < 1.29 is 19.2 Å². The Bertz CT molecular complexity index is 1510. The Morgan fingerprint density at radius 1 is 1.14 bits per heavy atom. The molecule has 2 amide bonds. The van der Waals surface area contributed by atoms with E-state index in [0.717, 1.165) is 19.3 Å². The molecule has 10 heteroatoms. The topological polar surface area (TPSA) is 126 Å². The van der Waals surface area contributed by atoms with E-state index >= 15 is 0 Å². The second-order valence-electron chi connectivity index (χ2n) is 9.09. The van der Waals surface area contributed by atoms with Gasteiger partial charge in [0.05, 0.1) is 10.5 Å². The summed E-state index contributed by atoms with van der Waals surface area (Å²) in [6, 6.07) is 12.6. The fraction of sp³-hybridized carbons (Fsp3) is 0.308. The standard InChI is InChI=1S/C26H25ClN4O5/c1-14-20-23(30-36-14)21-18(27)11-6-12-19(21)31(25(20)33)17-10-5-9-16(13-17)28-24(32)22(29-26(34)35)15-7-3-2-4-8-15/h2-4,6-8,11-12,16-17,22,29H,5,9-10,13H2,1H3,(H,28,32)(H,34,35). The van der Waals surface area contributed by atoms with Gasteiger partial charge in [-0.1, -0.05) is 53.2 Å². The molecular weight excluding hydrogens is 484 g/mol. The molecule has 1 saturated carbocycles. The zero-order valence-corrected chi connectivity index (χ0v) is 20.3. The number of amides is 2. The van der Waals surface area contributed by atoms with Crippen LogP contribution in [0.15, 0.2) is 57.8 Å². The smallest absolute Gasteiger partial charge is 0.405 e. The van der Waals surface area contributed by atoms with E-state index in [1.54, 1.807) is 54.0 Å². The second-order valence-corrected chi connectivity index (χ2v) is 9.50. The van der Waals surface area contributed by atoms with Crippen molar-refractivity contribution in [3.8, 4) is 0 Å². The van der Waals surface area contributed by atoms with Crippen LogP contribution in [0, 0.1) is 6.92 Å². The first-order valence-corrected chi connectivity index (χ1v) is 12.2. The molecule has 1 aliphatic rings. The summed E-state index contributed by atoms with van der Waals surface area (Å²) in [4.78, 5) is 38.2. The number of pyridine rings is 1. The number of aromatic nitrogens is 2. The summed E-state index contributed by atoms with van der Waals surface area (Å²) in [6.45, 7) is 1.70. The molecule has 4 aromatic rings. The maximum atomic E-state index is 13.6. The minimum atomic E-state index is -1.28. The van der Waals surface area contributed by atoms with Crippen LogP contribution in [0.25, 0.3) is 21.8 Å². The van der Waals surface area contributed by atoms with E-state index in [-0.39, 0.29) is 17.6 Å². The Kier molecular flexibility index (Phi) is 6.40. The third kappa shape index (κ3) is 4.30. The average Bonchev–Trinajstić information content (AvgIpc) is 3.25. The van der Waals surface area contributed by atoms with Gasteiger partial charge in [0.25, 0.3) is 5.56 Å². The summed E-state index contributed by atoms with van der Waals surface area (Å²) in [6.07, 6.45) is 1.48. The van der Waals surface area contributed by atoms with Crippen molar-refractivity contribution in [2.75, 3.05) is 0 Å². The maximum absolute atomic E-state index is 13.6. The Morgan fingerprint density at radius 3 is 2.67 bits per heavy atom. The van der Waals surface area contributed by atoms with E-state index in [9.17, 15) is 19.5 Å². The highest BCUT2D eigenvalue weighted by molar-refractivity contribution is 6.37. The SMILES string of the molecule is Cc1onc2c1c(=O)n(C1CCCC(NC(=O)C(NC(=O)O)c3ccccc3)C1)c1cccc(Cl)c21. The minimum absolute atomic E-state index is 0.196. The Morgan fingerprint density at radius 2 is 1.92 bits per heavy atom. The molecule has 2 aromatic carbocycles. The van der Waals surface area contributed by atoms with E-state index < -0.39 is 18.0 Å². The summed E-state index contributed by atoms with van der Waals surface area (Å²) in [5.41, 5.74) is 1.46. The Hall–Kier alpha value is -3.85. The van der Waals surface area contributed by atoms with Crippen molar-refractivity contribution in [2.45, 2.75) is 50.7 Å². The number of halogens is 1. The van der Waals surface area contributed by atoms with Gasteiger partial charge in [-0.3, -0.25) is 9.59 Å². The third-order valence-electron chi connectivity index (χ3n) is 6.80. The van der Waals surface area contributed by atoms with Crippen molar-refractivity contribution in [1.29, 1.82) is 0 Å². The van der Waals surface area contributed by atoms with Gasteiger partial charge in [0.1, 0.15) is 22.7 Å². The van der Waals surface area contributed by atoms with Crippen molar-refractivity contribution in [1.82, 2.24) is 20.4 Å². The van der Waals surface area contributed by atoms with Gasteiger partial charge in [-0.15, -0.1) is 0 Å². The highest BCUT2D eigenvalue weighted by atomic mass is 35.5. The molecule has 2 heterocycles. The van der Waals surface area contributed by atoms with Crippen LogP contribution in [-0.4, -0.2) is 32.9 Å². The molecule has 0 saturated heterocycles. The molecule has 0 spiro atoms. The molecule has 3 unspecified atom stereocenters. The molecule has 0 aliphatic heterocycles. The number of rotatable bonds is 5. The Balaban J connectivity index is 1.47. The van der Waals surface area contributed by atoms with Gasteiger partial charge in [-0.05, 0) is 50.3 Å². The van der Waals surface area contributed by atoms with Crippen molar-refractivity contribution in [3.05, 3.63) is 75.2 Å². The van der Waals surface area contributed by atoms with E-state index in [0.29, 0.717) is 44.6 Å². The number of fused-ring (bicyclic) bond motifs is 3. The highest BCUT2D eigenvalue weighted by Gasteiger charge is 2.31. The van der Waals surface area contributed by atoms with Crippen molar-refractivity contribution in [3.63, 3.8) is 0 Å².